The molecule has 0 aromatic rings. The van der Waals surface area contributed by atoms with Crippen molar-refractivity contribution in [1.29, 1.82) is 0 Å². The molecule has 0 aromatic carbocycles. The van der Waals surface area contributed by atoms with Crippen molar-refractivity contribution in [3.63, 3.8) is 0 Å². The van der Waals surface area contributed by atoms with E-state index in [1.165, 1.54) is 0 Å². The van der Waals surface area contributed by atoms with Gasteiger partial charge in [0.2, 0.25) is 0 Å². The summed E-state index contributed by atoms with van der Waals surface area (Å²) in [6.07, 6.45) is 12.0. The fourth-order valence-electron chi connectivity index (χ4n) is 2.66. The fourth-order valence-corrected chi connectivity index (χ4v) is 2.66. The van der Waals surface area contributed by atoms with Gasteiger partial charge in [0.25, 0.3) is 17.9 Å². The molecular formula is C21H39BO6. The molecule has 0 saturated carbocycles. The van der Waals surface area contributed by atoms with Gasteiger partial charge in [-0.3, -0.25) is 14.4 Å². The molecule has 0 aromatic heterocycles. The molecule has 0 radical (unpaired) electrons. The van der Waals surface area contributed by atoms with Gasteiger partial charge in [-0.2, -0.15) is 0 Å². The zero-order chi connectivity index (χ0) is 21.0. The molecule has 0 atom stereocenters. The van der Waals surface area contributed by atoms with Crippen LogP contribution in [0.15, 0.2) is 0 Å². The molecule has 0 N–H and O–H groups in total. The quantitative estimate of drug-likeness (QED) is 0.224. The van der Waals surface area contributed by atoms with Crippen molar-refractivity contribution in [3.05, 3.63) is 0 Å². The summed E-state index contributed by atoms with van der Waals surface area (Å²) in [6, 6.07) is 0. The summed E-state index contributed by atoms with van der Waals surface area (Å²) >= 11 is 0. The van der Waals surface area contributed by atoms with Gasteiger partial charge >= 0.3 is 7.32 Å². The summed E-state index contributed by atoms with van der Waals surface area (Å²) in [5, 5.41) is 0. The van der Waals surface area contributed by atoms with Crippen LogP contribution < -0.4 is 0 Å². The lowest BCUT2D eigenvalue weighted by molar-refractivity contribution is -0.148. The summed E-state index contributed by atoms with van der Waals surface area (Å²) in [4.78, 5) is 35.9. The van der Waals surface area contributed by atoms with Gasteiger partial charge in [0, 0.05) is 19.3 Å². The second-order valence-electron chi connectivity index (χ2n) is 7.19. The lowest BCUT2D eigenvalue weighted by Crippen LogP contribution is -2.34. The van der Waals surface area contributed by atoms with Crippen LogP contribution in [0.4, 0.5) is 0 Å². The summed E-state index contributed by atoms with van der Waals surface area (Å²) in [7, 11) is -1.57. The Morgan fingerprint density at radius 2 is 0.786 bits per heavy atom. The normalized spacial score (nSPS) is 10.4. The Bertz CT molecular complexity index is 365. The molecule has 0 aliphatic rings. The maximum atomic E-state index is 12.0. The zero-order valence-electron chi connectivity index (χ0n) is 18.1. The largest absolute Gasteiger partial charge is 0.870 e. The summed E-state index contributed by atoms with van der Waals surface area (Å²) in [5.74, 6) is -1.55. The first kappa shape index (κ1) is 26.5. The number of carbonyl (C=O) groups excluding carboxylic acids is 3. The topological polar surface area (TPSA) is 78.9 Å². The molecule has 0 unspecified atom stereocenters. The summed E-state index contributed by atoms with van der Waals surface area (Å²) < 4.78 is 15.3. The van der Waals surface area contributed by atoms with E-state index in [2.05, 4.69) is 20.8 Å². The van der Waals surface area contributed by atoms with Gasteiger partial charge in [-0.05, 0) is 19.3 Å². The van der Waals surface area contributed by atoms with Crippen LogP contribution in [0, 0.1) is 0 Å². The van der Waals surface area contributed by atoms with Crippen LogP contribution in [-0.4, -0.2) is 25.2 Å². The Labute approximate surface area is 171 Å². The average molecular weight is 398 g/mol. The molecular weight excluding hydrogens is 359 g/mol. The fraction of sp³-hybridized carbons (Fsp3) is 0.857. The van der Waals surface area contributed by atoms with Crippen molar-refractivity contribution in [2.45, 2.75) is 117 Å². The van der Waals surface area contributed by atoms with Crippen molar-refractivity contribution in [2.24, 2.45) is 0 Å². The summed E-state index contributed by atoms with van der Waals surface area (Å²) in [6.45, 7) is 6.27. The van der Waals surface area contributed by atoms with Gasteiger partial charge in [-0.25, -0.2) is 0 Å². The van der Waals surface area contributed by atoms with E-state index >= 15 is 0 Å². The molecule has 162 valence electrons. The van der Waals surface area contributed by atoms with E-state index in [1.807, 2.05) is 0 Å². The van der Waals surface area contributed by atoms with Gasteiger partial charge in [0.05, 0.1) is 0 Å². The minimum Gasteiger partial charge on any atom is -0.462 e. The van der Waals surface area contributed by atoms with Gasteiger partial charge in [0.1, 0.15) is 0 Å². The summed E-state index contributed by atoms with van der Waals surface area (Å²) in [5.41, 5.74) is 0. The molecule has 0 fully saturated rings. The van der Waals surface area contributed by atoms with Crippen LogP contribution in [0.3, 0.4) is 0 Å². The van der Waals surface area contributed by atoms with E-state index in [0.29, 0.717) is 19.3 Å². The predicted molar refractivity (Wildman–Crippen MR) is 110 cm³/mol. The van der Waals surface area contributed by atoms with Crippen molar-refractivity contribution < 1.29 is 28.3 Å². The highest BCUT2D eigenvalue weighted by Crippen LogP contribution is 2.10. The Morgan fingerprint density at radius 3 is 1.04 bits per heavy atom. The van der Waals surface area contributed by atoms with Crippen molar-refractivity contribution in [3.8, 4) is 0 Å². The first-order valence-corrected chi connectivity index (χ1v) is 11.1. The molecule has 0 amide bonds. The van der Waals surface area contributed by atoms with Gasteiger partial charge in [0.15, 0.2) is 0 Å². The minimum atomic E-state index is -1.57. The van der Waals surface area contributed by atoms with Crippen molar-refractivity contribution >= 4 is 25.2 Å². The molecule has 7 heteroatoms. The zero-order valence-corrected chi connectivity index (χ0v) is 18.1. The average Bonchev–Trinajstić information content (AvgIpc) is 2.66. The SMILES string of the molecule is CCCCCCC(=O)OB(OC(=O)CCCCCC)OC(=O)CCCCCC. The number of unbranched alkanes of at least 4 members (excludes halogenated alkanes) is 9. The lowest BCUT2D eigenvalue weighted by atomic mass is 10.1. The Balaban J connectivity index is 4.44. The van der Waals surface area contributed by atoms with Gasteiger partial charge < -0.3 is 14.0 Å². The molecule has 0 spiro atoms. The maximum Gasteiger partial charge on any atom is 0.870 e. The Morgan fingerprint density at radius 1 is 0.500 bits per heavy atom. The third kappa shape index (κ3) is 16.6. The second kappa shape index (κ2) is 18.8. The highest BCUT2D eigenvalue weighted by molar-refractivity contribution is 6.44. The third-order valence-corrected chi connectivity index (χ3v) is 4.39. The smallest absolute Gasteiger partial charge is 0.462 e. The van der Waals surface area contributed by atoms with E-state index < -0.39 is 25.2 Å². The van der Waals surface area contributed by atoms with E-state index in [-0.39, 0.29) is 19.3 Å². The number of rotatable bonds is 18. The van der Waals surface area contributed by atoms with E-state index in [4.69, 9.17) is 14.0 Å². The van der Waals surface area contributed by atoms with E-state index in [9.17, 15) is 14.4 Å². The third-order valence-electron chi connectivity index (χ3n) is 4.39. The van der Waals surface area contributed by atoms with Crippen LogP contribution in [0.5, 0.6) is 0 Å². The first-order valence-electron chi connectivity index (χ1n) is 11.1. The lowest BCUT2D eigenvalue weighted by Gasteiger charge is -2.14. The van der Waals surface area contributed by atoms with E-state index in [0.717, 1.165) is 57.8 Å². The van der Waals surface area contributed by atoms with Gasteiger partial charge in [-0.15, -0.1) is 0 Å². The van der Waals surface area contributed by atoms with Crippen molar-refractivity contribution in [2.75, 3.05) is 0 Å². The number of hydrogen-bond donors (Lipinski definition) is 0. The highest BCUT2D eigenvalue weighted by Gasteiger charge is 2.35. The first-order chi connectivity index (χ1) is 13.5. The molecule has 6 nitrogen and oxygen atoms in total. The molecule has 0 aliphatic carbocycles. The minimum absolute atomic E-state index is 0.221. The van der Waals surface area contributed by atoms with Crippen molar-refractivity contribution in [1.82, 2.24) is 0 Å². The van der Waals surface area contributed by atoms with Crippen LogP contribution in [0.1, 0.15) is 117 Å². The monoisotopic (exact) mass is 398 g/mol. The highest BCUT2D eigenvalue weighted by atomic mass is 16.8. The Hall–Kier alpha value is -1.53. The standard InChI is InChI=1S/C21H39BO6/c1-4-7-10-13-16-19(23)26-22(27-20(24)17-14-11-8-5-2)28-21(25)18-15-12-9-6-3/h4-18H2,1-3H3. The number of carbonyl (C=O) groups is 3. The van der Waals surface area contributed by atoms with Crippen LogP contribution >= 0.6 is 0 Å². The van der Waals surface area contributed by atoms with Crippen LogP contribution in [-0.2, 0) is 28.3 Å². The van der Waals surface area contributed by atoms with E-state index in [1.54, 1.807) is 0 Å². The molecule has 0 rings (SSSR count). The molecule has 0 bridgehead atoms. The maximum absolute atomic E-state index is 12.0. The van der Waals surface area contributed by atoms with Gasteiger partial charge in [-0.1, -0.05) is 78.6 Å². The van der Waals surface area contributed by atoms with Crippen LogP contribution in [0.2, 0.25) is 0 Å². The second-order valence-corrected chi connectivity index (χ2v) is 7.19. The molecule has 0 saturated heterocycles. The molecule has 0 heterocycles. The predicted octanol–water partition coefficient (Wildman–Crippen LogP) is 5.51. The molecule has 0 aliphatic heterocycles. The Kier molecular flexibility index (Phi) is 17.8. The number of hydrogen-bond acceptors (Lipinski definition) is 6. The molecule has 28 heavy (non-hydrogen) atoms. The van der Waals surface area contributed by atoms with Crippen LogP contribution in [0.25, 0.3) is 0 Å².